The monoisotopic (exact) mass is 304 g/mol. The molecule has 0 unspecified atom stereocenters. The molecule has 2 heterocycles. The number of nitrogens with two attached hydrogens (primary N) is 1. The van der Waals surface area contributed by atoms with Gasteiger partial charge in [-0.1, -0.05) is 23.9 Å². The number of benzene rings is 1. The largest absolute Gasteiger partial charge is 0.351 e. The van der Waals surface area contributed by atoms with E-state index in [9.17, 15) is 9.59 Å². The van der Waals surface area contributed by atoms with Crippen molar-refractivity contribution in [2.24, 2.45) is 5.73 Å². The summed E-state index contributed by atoms with van der Waals surface area (Å²) in [7, 11) is 0. The van der Waals surface area contributed by atoms with Crippen LogP contribution < -0.4 is 11.1 Å². The third-order valence-electron chi connectivity index (χ3n) is 2.83. The van der Waals surface area contributed by atoms with E-state index < -0.39 is 11.9 Å². The zero-order chi connectivity index (χ0) is 14.8. The van der Waals surface area contributed by atoms with E-state index in [4.69, 9.17) is 5.73 Å². The predicted octanol–water partition coefficient (Wildman–Crippen LogP) is 0.888. The zero-order valence-electron chi connectivity index (χ0n) is 10.9. The third kappa shape index (κ3) is 2.68. The van der Waals surface area contributed by atoms with Crippen LogP contribution in [0.5, 0.6) is 0 Å². The van der Waals surface area contributed by atoms with Crippen molar-refractivity contribution < 1.29 is 9.59 Å². The SMILES string of the molecule is NC(=O)NC(=O)CCSc1n[nH]c2nc3ccccc3n12. The number of thioether (sulfide) groups is 1. The molecule has 0 aliphatic carbocycles. The number of H-pyrrole nitrogens is 1. The van der Waals surface area contributed by atoms with E-state index in [-0.39, 0.29) is 6.42 Å². The predicted molar refractivity (Wildman–Crippen MR) is 77.9 cm³/mol. The molecule has 21 heavy (non-hydrogen) atoms. The van der Waals surface area contributed by atoms with Crippen LogP contribution in [0.2, 0.25) is 0 Å². The van der Waals surface area contributed by atoms with Gasteiger partial charge in [0, 0.05) is 12.2 Å². The van der Waals surface area contributed by atoms with Gasteiger partial charge in [0.15, 0.2) is 5.16 Å². The van der Waals surface area contributed by atoms with Crippen molar-refractivity contribution in [3.05, 3.63) is 24.3 Å². The molecule has 0 bridgehead atoms. The Hall–Kier alpha value is -2.55. The number of aromatic nitrogens is 4. The van der Waals surface area contributed by atoms with Crippen LogP contribution >= 0.6 is 11.8 Å². The lowest BCUT2D eigenvalue weighted by atomic mass is 10.3. The average molecular weight is 304 g/mol. The number of aromatic amines is 1. The minimum Gasteiger partial charge on any atom is -0.351 e. The van der Waals surface area contributed by atoms with E-state index in [0.717, 1.165) is 11.0 Å². The van der Waals surface area contributed by atoms with Crippen molar-refractivity contribution in [2.75, 3.05) is 5.75 Å². The first-order valence-corrected chi connectivity index (χ1v) is 7.17. The van der Waals surface area contributed by atoms with Crippen LogP contribution in [0.15, 0.2) is 29.4 Å². The van der Waals surface area contributed by atoms with Crippen molar-refractivity contribution in [3.8, 4) is 0 Å². The first-order valence-electron chi connectivity index (χ1n) is 6.19. The molecular weight excluding hydrogens is 292 g/mol. The number of amides is 3. The number of carbonyl (C=O) groups excluding carboxylic acids is 2. The smallest absolute Gasteiger partial charge is 0.318 e. The third-order valence-corrected chi connectivity index (χ3v) is 3.77. The molecule has 9 heteroatoms. The Morgan fingerprint density at radius 3 is 3.00 bits per heavy atom. The highest BCUT2D eigenvalue weighted by Gasteiger charge is 2.12. The highest BCUT2D eigenvalue weighted by atomic mass is 32.2. The second-order valence-corrected chi connectivity index (χ2v) is 5.34. The van der Waals surface area contributed by atoms with Crippen LogP contribution in [-0.2, 0) is 4.79 Å². The highest BCUT2D eigenvalue weighted by Crippen LogP contribution is 2.23. The quantitative estimate of drug-likeness (QED) is 0.618. The van der Waals surface area contributed by atoms with E-state index in [2.05, 4.69) is 15.2 Å². The summed E-state index contributed by atoms with van der Waals surface area (Å²) < 4.78 is 1.89. The molecule has 0 aliphatic heterocycles. The average Bonchev–Trinajstić information content (AvgIpc) is 2.97. The summed E-state index contributed by atoms with van der Waals surface area (Å²) in [5.41, 5.74) is 6.70. The van der Waals surface area contributed by atoms with Crippen LogP contribution in [-0.4, -0.2) is 37.3 Å². The summed E-state index contributed by atoms with van der Waals surface area (Å²) in [4.78, 5) is 26.3. The second kappa shape index (κ2) is 5.44. The lowest BCUT2D eigenvalue weighted by Gasteiger charge is -2.00. The topological polar surface area (TPSA) is 118 Å². The Labute approximate surface area is 123 Å². The fourth-order valence-electron chi connectivity index (χ4n) is 1.97. The number of rotatable bonds is 4. The maximum Gasteiger partial charge on any atom is 0.318 e. The fraction of sp³-hybridized carbons (Fsp3) is 0.167. The molecule has 2 aromatic heterocycles. The van der Waals surface area contributed by atoms with E-state index in [1.807, 2.05) is 34.0 Å². The van der Waals surface area contributed by atoms with Crippen molar-refractivity contribution in [2.45, 2.75) is 11.6 Å². The summed E-state index contributed by atoms with van der Waals surface area (Å²) in [5, 5.41) is 9.77. The van der Waals surface area contributed by atoms with Crippen LogP contribution in [0.4, 0.5) is 4.79 Å². The molecule has 0 radical (unpaired) electrons. The minimum atomic E-state index is -0.840. The molecule has 0 aliphatic rings. The number of nitrogens with one attached hydrogen (secondary N) is 2. The Morgan fingerprint density at radius 1 is 1.38 bits per heavy atom. The van der Waals surface area contributed by atoms with Gasteiger partial charge in [0.05, 0.1) is 11.0 Å². The number of carbonyl (C=O) groups is 2. The Balaban J connectivity index is 1.75. The molecule has 3 amide bonds. The van der Waals surface area contributed by atoms with E-state index in [1.54, 1.807) is 0 Å². The highest BCUT2D eigenvalue weighted by molar-refractivity contribution is 7.99. The molecule has 0 spiro atoms. The second-order valence-electron chi connectivity index (χ2n) is 4.28. The van der Waals surface area contributed by atoms with Crippen molar-refractivity contribution in [3.63, 3.8) is 0 Å². The number of urea groups is 1. The van der Waals surface area contributed by atoms with Crippen molar-refractivity contribution in [1.82, 2.24) is 24.9 Å². The number of nitrogens with zero attached hydrogens (tertiary/aromatic N) is 3. The first-order chi connectivity index (χ1) is 10.1. The molecule has 0 saturated heterocycles. The van der Waals surface area contributed by atoms with Crippen LogP contribution in [0, 0.1) is 0 Å². The van der Waals surface area contributed by atoms with Crippen molar-refractivity contribution >= 4 is 40.5 Å². The minimum absolute atomic E-state index is 0.175. The van der Waals surface area contributed by atoms with Gasteiger partial charge < -0.3 is 5.73 Å². The van der Waals surface area contributed by atoms with Crippen molar-refractivity contribution in [1.29, 1.82) is 0 Å². The summed E-state index contributed by atoms with van der Waals surface area (Å²) in [6.45, 7) is 0. The molecule has 4 N–H and O–H groups in total. The molecule has 108 valence electrons. The molecule has 0 saturated carbocycles. The van der Waals surface area contributed by atoms with E-state index in [0.29, 0.717) is 16.7 Å². The van der Waals surface area contributed by atoms with Gasteiger partial charge in [0.2, 0.25) is 11.7 Å². The lowest BCUT2D eigenvalue weighted by molar-refractivity contribution is -0.119. The molecular formula is C12H12N6O2S. The van der Waals surface area contributed by atoms with Gasteiger partial charge >= 0.3 is 6.03 Å². The Kier molecular flexibility index (Phi) is 3.48. The summed E-state index contributed by atoms with van der Waals surface area (Å²) >= 11 is 1.40. The number of imide groups is 1. The van der Waals surface area contributed by atoms with Gasteiger partial charge in [-0.05, 0) is 12.1 Å². The molecule has 8 nitrogen and oxygen atoms in total. The normalized spacial score (nSPS) is 11.0. The van der Waals surface area contributed by atoms with Gasteiger partial charge in [-0.3, -0.25) is 14.5 Å². The number of primary amides is 1. The van der Waals surface area contributed by atoms with E-state index in [1.165, 1.54) is 11.8 Å². The van der Waals surface area contributed by atoms with Crippen LogP contribution in [0.25, 0.3) is 16.8 Å². The molecule has 0 atom stereocenters. The Morgan fingerprint density at radius 2 is 2.19 bits per heavy atom. The summed E-state index contributed by atoms with van der Waals surface area (Å²) in [6.07, 6.45) is 0.175. The van der Waals surface area contributed by atoms with Crippen LogP contribution in [0.1, 0.15) is 6.42 Å². The number of fused-ring (bicyclic) bond motifs is 3. The molecule has 3 rings (SSSR count). The molecule has 3 aromatic rings. The van der Waals surface area contributed by atoms with Gasteiger partial charge in [-0.15, -0.1) is 5.10 Å². The number of hydrogen-bond acceptors (Lipinski definition) is 5. The lowest BCUT2D eigenvalue weighted by Crippen LogP contribution is -2.35. The molecule has 1 aromatic carbocycles. The fourth-order valence-corrected chi connectivity index (χ4v) is 2.87. The first kappa shape index (κ1) is 13.4. The standard InChI is InChI=1S/C12H12N6O2S/c13-10(20)15-9(19)5-6-21-12-17-16-11-14-7-3-1-2-4-8(7)18(11)12/h1-4H,5-6H2,(H,14,16)(H3,13,15,19,20). The zero-order valence-corrected chi connectivity index (χ0v) is 11.7. The summed E-state index contributed by atoms with van der Waals surface area (Å²) in [6, 6.07) is 6.88. The maximum atomic E-state index is 11.3. The van der Waals surface area contributed by atoms with Gasteiger partial charge in [0.25, 0.3) is 0 Å². The number of hydrogen-bond donors (Lipinski definition) is 3. The number of para-hydroxylation sites is 2. The molecule has 0 fully saturated rings. The van der Waals surface area contributed by atoms with Gasteiger partial charge in [-0.2, -0.15) is 0 Å². The number of imidazole rings is 1. The van der Waals surface area contributed by atoms with Crippen LogP contribution in [0.3, 0.4) is 0 Å². The Bertz CT molecular complexity index is 823. The maximum absolute atomic E-state index is 11.3. The van der Waals surface area contributed by atoms with E-state index >= 15 is 0 Å². The van der Waals surface area contributed by atoms with Gasteiger partial charge in [-0.25, -0.2) is 14.9 Å². The van der Waals surface area contributed by atoms with Gasteiger partial charge in [0.1, 0.15) is 0 Å². The summed E-state index contributed by atoms with van der Waals surface area (Å²) in [5.74, 6) is 0.725.